The van der Waals surface area contributed by atoms with Crippen LogP contribution in [0.4, 0.5) is 11.9 Å². The van der Waals surface area contributed by atoms with Gasteiger partial charge in [0.25, 0.3) is 0 Å². The van der Waals surface area contributed by atoms with E-state index in [9.17, 15) is 0 Å². The van der Waals surface area contributed by atoms with E-state index >= 15 is 0 Å². The van der Waals surface area contributed by atoms with Crippen LogP contribution in [0.5, 0.6) is 0 Å². The molecule has 0 unspecified atom stereocenters. The molecule has 0 amide bonds. The van der Waals surface area contributed by atoms with Crippen LogP contribution < -0.4 is 11.1 Å². The lowest BCUT2D eigenvalue weighted by Gasteiger charge is -2.55. The predicted molar refractivity (Wildman–Crippen MR) is 94.6 cm³/mol. The SMILES string of the molecule is Nc1nc(NC2CCCCC2)nc(C23CC4CC(CC(C4)C2)C3)n1. The Kier molecular flexibility index (Phi) is 3.46. The van der Waals surface area contributed by atoms with Crippen LogP contribution in [0.3, 0.4) is 0 Å². The van der Waals surface area contributed by atoms with Gasteiger partial charge in [-0.1, -0.05) is 19.3 Å². The maximum atomic E-state index is 6.08. The highest BCUT2D eigenvalue weighted by atomic mass is 15.2. The van der Waals surface area contributed by atoms with Crippen molar-refractivity contribution in [2.24, 2.45) is 17.8 Å². The molecule has 0 atom stereocenters. The number of aromatic nitrogens is 3. The molecule has 1 heterocycles. The maximum absolute atomic E-state index is 6.08. The summed E-state index contributed by atoms with van der Waals surface area (Å²) in [6.45, 7) is 0. The highest BCUT2D eigenvalue weighted by Gasteiger charge is 2.53. The van der Waals surface area contributed by atoms with Crippen LogP contribution in [-0.2, 0) is 5.41 Å². The molecule has 1 aromatic rings. The standard InChI is InChI=1S/C19H29N5/c20-17-22-16(23-18(24-17)21-15-4-2-1-3-5-15)19-9-12-6-13(10-19)8-14(7-12)11-19/h12-15H,1-11H2,(H3,20,21,22,23,24). The Morgan fingerprint density at radius 3 is 2.08 bits per heavy atom. The summed E-state index contributed by atoms with van der Waals surface area (Å²) >= 11 is 0. The average molecular weight is 327 g/mol. The number of nitrogens with two attached hydrogens (primary N) is 1. The van der Waals surface area contributed by atoms with Crippen LogP contribution in [0.2, 0.25) is 0 Å². The number of nitrogen functional groups attached to an aromatic ring is 1. The smallest absolute Gasteiger partial charge is 0.227 e. The lowest BCUT2D eigenvalue weighted by Crippen LogP contribution is -2.49. The second-order valence-corrected chi connectivity index (χ2v) is 9.02. The molecule has 130 valence electrons. The third kappa shape index (κ3) is 2.56. The first-order valence-corrected chi connectivity index (χ1v) is 9.97. The minimum atomic E-state index is 0.189. The monoisotopic (exact) mass is 327 g/mol. The molecule has 0 saturated heterocycles. The predicted octanol–water partition coefficient (Wildman–Crippen LogP) is 3.67. The molecule has 5 aliphatic carbocycles. The zero-order chi connectivity index (χ0) is 16.1. The van der Waals surface area contributed by atoms with Gasteiger partial charge in [-0.15, -0.1) is 0 Å². The summed E-state index contributed by atoms with van der Waals surface area (Å²) in [6.07, 6.45) is 14.5. The van der Waals surface area contributed by atoms with Gasteiger partial charge < -0.3 is 11.1 Å². The molecule has 0 aromatic carbocycles. The number of anilines is 2. The van der Waals surface area contributed by atoms with E-state index in [2.05, 4.69) is 15.3 Å². The van der Waals surface area contributed by atoms with Crippen molar-refractivity contribution in [1.82, 2.24) is 15.0 Å². The van der Waals surface area contributed by atoms with Crippen molar-refractivity contribution in [3.05, 3.63) is 5.82 Å². The van der Waals surface area contributed by atoms with Crippen molar-refractivity contribution in [2.45, 2.75) is 82.1 Å². The fourth-order valence-electron chi connectivity index (χ4n) is 6.51. The quantitative estimate of drug-likeness (QED) is 0.886. The fraction of sp³-hybridized carbons (Fsp3) is 0.842. The number of hydrogen-bond donors (Lipinski definition) is 2. The third-order valence-corrected chi connectivity index (χ3v) is 7.10. The first-order valence-electron chi connectivity index (χ1n) is 9.97. The molecule has 5 heteroatoms. The second-order valence-electron chi connectivity index (χ2n) is 9.02. The molecule has 5 nitrogen and oxygen atoms in total. The number of nitrogens with one attached hydrogen (secondary N) is 1. The molecule has 0 radical (unpaired) electrons. The molecule has 0 aliphatic heterocycles. The highest BCUT2D eigenvalue weighted by molar-refractivity contribution is 5.35. The van der Waals surface area contributed by atoms with Gasteiger partial charge in [0, 0.05) is 11.5 Å². The molecular formula is C19H29N5. The highest BCUT2D eigenvalue weighted by Crippen LogP contribution is 2.60. The molecule has 3 N–H and O–H groups in total. The second kappa shape index (κ2) is 5.57. The summed E-state index contributed by atoms with van der Waals surface area (Å²) in [4.78, 5) is 13.9. The summed E-state index contributed by atoms with van der Waals surface area (Å²) in [6, 6.07) is 0.504. The van der Waals surface area contributed by atoms with Gasteiger partial charge in [0.2, 0.25) is 11.9 Å². The van der Waals surface area contributed by atoms with Gasteiger partial charge >= 0.3 is 0 Å². The summed E-state index contributed by atoms with van der Waals surface area (Å²) in [5.74, 6) is 4.79. The molecule has 6 rings (SSSR count). The lowest BCUT2D eigenvalue weighted by molar-refractivity contribution is -0.00935. The Morgan fingerprint density at radius 1 is 0.833 bits per heavy atom. The summed E-state index contributed by atoms with van der Waals surface area (Å²) in [5.41, 5.74) is 6.27. The Labute approximate surface area is 144 Å². The van der Waals surface area contributed by atoms with Crippen LogP contribution in [0.1, 0.15) is 76.5 Å². The van der Waals surface area contributed by atoms with Crippen LogP contribution in [0, 0.1) is 17.8 Å². The zero-order valence-electron chi connectivity index (χ0n) is 14.5. The van der Waals surface area contributed by atoms with Crippen molar-refractivity contribution in [1.29, 1.82) is 0 Å². The Bertz CT molecular complexity index is 587. The first kappa shape index (κ1) is 14.9. The van der Waals surface area contributed by atoms with Gasteiger partial charge in [0.15, 0.2) is 0 Å². The Hall–Kier alpha value is -1.39. The van der Waals surface area contributed by atoms with E-state index in [1.807, 2.05) is 0 Å². The van der Waals surface area contributed by atoms with Crippen LogP contribution in [0.25, 0.3) is 0 Å². The molecule has 5 saturated carbocycles. The first-order chi connectivity index (χ1) is 11.7. The van der Waals surface area contributed by atoms with E-state index in [0.717, 1.165) is 29.5 Å². The van der Waals surface area contributed by atoms with E-state index in [1.165, 1.54) is 70.6 Å². The van der Waals surface area contributed by atoms with E-state index in [4.69, 9.17) is 10.7 Å². The van der Waals surface area contributed by atoms with E-state index in [-0.39, 0.29) is 5.41 Å². The fourth-order valence-corrected chi connectivity index (χ4v) is 6.51. The summed E-state index contributed by atoms with van der Waals surface area (Å²) < 4.78 is 0. The van der Waals surface area contributed by atoms with Crippen LogP contribution in [0.15, 0.2) is 0 Å². The average Bonchev–Trinajstić information content (AvgIpc) is 2.54. The molecule has 24 heavy (non-hydrogen) atoms. The van der Waals surface area contributed by atoms with Crippen molar-refractivity contribution >= 4 is 11.9 Å². The minimum absolute atomic E-state index is 0.189. The molecule has 1 aromatic heterocycles. The Morgan fingerprint density at radius 2 is 1.46 bits per heavy atom. The van der Waals surface area contributed by atoms with Crippen molar-refractivity contribution < 1.29 is 0 Å². The normalized spacial score (nSPS) is 38.4. The van der Waals surface area contributed by atoms with E-state index in [0.29, 0.717) is 12.0 Å². The van der Waals surface area contributed by atoms with Gasteiger partial charge in [-0.2, -0.15) is 15.0 Å². The van der Waals surface area contributed by atoms with Gasteiger partial charge in [-0.25, -0.2) is 0 Å². The minimum Gasteiger partial charge on any atom is -0.368 e. The van der Waals surface area contributed by atoms with Crippen molar-refractivity contribution in [3.8, 4) is 0 Å². The van der Waals surface area contributed by atoms with Gasteiger partial charge in [-0.3, -0.25) is 0 Å². The molecule has 5 aliphatic rings. The van der Waals surface area contributed by atoms with E-state index < -0.39 is 0 Å². The topological polar surface area (TPSA) is 76.7 Å². The maximum Gasteiger partial charge on any atom is 0.227 e. The molecule has 4 bridgehead atoms. The number of rotatable bonds is 3. The van der Waals surface area contributed by atoms with Crippen molar-refractivity contribution in [2.75, 3.05) is 11.1 Å². The number of nitrogens with zero attached hydrogens (tertiary/aromatic N) is 3. The molecule has 5 fully saturated rings. The summed E-state index contributed by atoms with van der Waals surface area (Å²) in [7, 11) is 0. The zero-order valence-corrected chi connectivity index (χ0v) is 14.5. The van der Waals surface area contributed by atoms with Gasteiger partial charge in [0.05, 0.1) is 0 Å². The third-order valence-electron chi connectivity index (χ3n) is 7.10. The lowest BCUT2D eigenvalue weighted by atomic mass is 9.49. The van der Waals surface area contributed by atoms with Crippen molar-refractivity contribution in [3.63, 3.8) is 0 Å². The van der Waals surface area contributed by atoms with Gasteiger partial charge in [0.1, 0.15) is 5.82 Å². The van der Waals surface area contributed by atoms with Gasteiger partial charge in [-0.05, 0) is 69.1 Å². The summed E-state index contributed by atoms with van der Waals surface area (Å²) in [5, 5.41) is 3.55. The largest absolute Gasteiger partial charge is 0.368 e. The Balaban J connectivity index is 1.43. The van der Waals surface area contributed by atoms with Crippen LogP contribution in [-0.4, -0.2) is 21.0 Å². The van der Waals surface area contributed by atoms with Crippen LogP contribution >= 0.6 is 0 Å². The number of hydrogen-bond acceptors (Lipinski definition) is 5. The molecular weight excluding hydrogens is 298 g/mol. The van der Waals surface area contributed by atoms with E-state index in [1.54, 1.807) is 0 Å². The molecule has 0 spiro atoms.